The number of benzene rings is 2. The minimum Gasteiger partial charge on any atom is -0.382 e. The number of hydrogen-bond donors (Lipinski definition) is 0. The van der Waals surface area contributed by atoms with E-state index in [9.17, 15) is 18.5 Å². The van der Waals surface area contributed by atoms with E-state index in [1.165, 1.54) is 24.4 Å². The van der Waals surface area contributed by atoms with Gasteiger partial charge in [-0.3, -0.25) is 4.79 Å². The van der Waals surface area contributed by atoms with E-state index in [2.05, 4.69) is 22.6 Å². The van der Waals surface area contributed by atoms with E-state index < -0.39 is 15.8 Å². The second kappa shape index (κ2) is 7.77. The lowest BCUT2D eigenvalue weighted by Gasteiger charge is -2.12. The van der Waals surface area contributed by atoms with Crippen molar-refractivity contribution < 1.29 is 13.2 Å². The number of hydrogen-bond acceptors (Lipinski definition) is 5. The number of ketones is 1. The molecule has 0 unspecified atom stereocenters. The van der Waals surface area contributed by atoms with Crippen molar-refractivity contribution in [3.63, 3.8) is 0 Å². The first kappa shape index (κ1) is 20.1. The van der Waals surface area contributed by atoms with Crippen molar-refractivity contribution in [2.24, 2.45) is 0 Å². The summed E-state index contributed by atoms with van der Waals surface area (Å²) in [6.07, 6.45) is 1.38. The summed E-state index contributed by atoms with van der Waals surface area (Å²) in [5.41, 5.74) is 0.172. The highest BCUT2D eigenvalue weighted by atomic mass is 127. The average Bonchev–Trinajstić information content (AvgIpc) is 3.08. The third-order valence-electron chi connectivity index (χ3n) is 4.01. The molecule has 3 rings (SSSR count). The van der Waals surface area contributed by atoms with Crippen LogP contribution in [0, 0.1) is 14.9 Å². The van der Waals surface area contributed by atoms with Gasteiger partial charge in [0.2, 0.25) is 5.78 Å². The van der Waals surface area contributed by atoms with Gasteiger partial charge in [-0.1, -0.05) is 24.3 Å². The van der Waals surface area contributed by atoms with Gasteiger partial charge in [-0.2, -0.15) is 5.26 Å². The van der Waals surface area contributed by atoms with Gasteiger partial charge in [0.1, 0.15) is 17.3 Å². The predicted molar refractivity (Wildman–Crippen MR) is 115 cm³/mol. The number of carbonyl (C=O) groups excluding carboxylic acids is 1. The van der Waals surface area contributed by atoms with Gasteiger partial charge in [0.05, 0.1) is 10.4 Å². The SMILES string of the molecule is CN(C)/C=C(\C#N)C(=O)c1cc2c(I)cccc2n1S(=O)(=O)c1ccccc1. The van der Waals surface area contributed by atoms with Crippen LogP contribution >= 0.6 is 22.6 Å². The predicted octanol–water partition coefficient (Wildman–Crippen LogP) is 3.63. The molecule has 1 heterocycles. The van der Waals surface area contributed by atoms with Gasteiger partial charge in [0, 0.05) is 29.3 Å². The van der Waals surface area contributed by atoms with Crippen molar-refractivity contribution >= 4 is 49.3 Å². The van der Waals surface area contributed by atoms with E-state index >= 15 is 0 Å². The van der Waals surface area contributed by atoms with Crippen LogP contribution in [-0.2, 0) is 10.0 Å². The molecule has 0 saturated carbocycles. The fourth-order valence-corrected chi connectivity index (χ4v) is 4.98. The van der Waals surface area contributed by atoms with E-state index in [1.54, 1.807) is 49.3 Å². The quantitative estimate of drug-likeness (QED) is 0.229. The van der Waals surface area contributed by atoms with Gasteiger partial charge >= 0.3 is 0 Å². The molecule has 0 N–H and O–H groups in total. The normalized spacial score (nSPS) is 12.0. The van der Waals surface area contributed by atoms with E-state index in [0.717, 1.165) is 7.54 Å². The van der Waals surface area contributed by atoms with Crippen LogP contribution in [0.25, 0.3) is 10.9 Å². The zero-order valence-electron chi connectivity index (χ0n) is 15.1. The third-order valence-corrected chi connectivity index (χ3v) is 6.70. The molecule has 0 fully saturated rings. The van der Waals surface area contributed by atoms with Gasteiger partial charge in [-0.25, -0.2) is 12.4 Å². The largest absolute Gasteiger partial charge is 0.382 e. The Morgan fingerprint density at radius 3 is 2.43 bits per heavy atom. The fraction of sp³-hybridized carbons (Fsp3) is 0.100. The summed E-state index contributed by atoms with van der Waals surface area (Å²) in [7, 11) is -0.674. The molecular weight excluding hydrogens is 489 g/mol. The first-order chi connectivity index (χ1) is 13.3. The number of carbonyl (C=O) groups is 1. The average molecular weight is 505 g/mol. The minimum atomic E-state index is -4.04. The summed E-state index contributed by atoms with van der Waals surface area (Å²) in [6.45, 7) is 0. The van der Waals surface area contributed by atoms with Crippen LogP contribution in [0.1, 0.15) is 10.5 Å². The summed E-state index contributed by atoms with van der Waals surface area (Å²) < 4.78 is 28.6. The highest BCUT2D eigenvalue weighted by molar-refractivity contribution is 14.1. The second-order valence-corrected chi connectivity index (χ2v) is 9.18. The number of halogens is 1. The van der Waals surface area contributed by atoms with Crippen LogP contribution in [0.5, 0.6) is 0 Å². The summed E-state index contributed by atoms with van der Waals surface area (Å²) in [5, 5.41) is 10.1. The molecule has 8 heteroatoms. The summed E-state index contributed by atoms with van der Waals surface area (Å²) >= 11 is 2.09. The molecule has 2 aromatic carbocycles. The van der Waals surface area contributed by atoms with E-state index in [1.807, 2.05) is 12.1 Å². The first-order valence-electron chi connectivity index (χ1n) is 8.21. The number of fused-ring (bicyclic) bond motifs is 1. The van der Waals surface area contributed by atoms with Gasteiger partial charge in [-0.15, -0.1) is 0 Å². The molecule has 0 saturated heterocycles. The molecule has 0 amide bonds. The number of aromatic nitrogens is 1. The molecule has 0 aliphatic heterocycles. The zero-order valence-corrected chi connectivity index (χ0v) is 18.1. The number of nitriles is 1. The van der Waals surface area contributed by atoms with Crippen LogP contribution in [0.3, 0.4) is 0 Å². The summed E-state index contributed by atoms with van der Waals surface area (Å²) in [5.74, 6) is -0.650. The number of rotatable bonds is 5. The summed E-state index contributed by atoms with van der Waals surface area (Å²) in [4.78, 5) is 14.7. The molecule has 0 atom stereocenters. The standard InChI is InChI=1S/C20H16IN3O3S/c1-23(2)13-14(12-22)20(25)19-11-16-17(21)9-6-10-18(16)24(19)28(26,27)15-7-4-3-5-8-15/h3-11,13H,1-2H3/b14-13+. The number of nitrogens with zero attached hydrogens (tertiary/aromatic N) is 3. The van der Waals surface area contributed by atoms with Crippen LogP contribution in [-0.4, -0.2) is 37.2 Å². The van der Waals surface area contributed by atoms with Crippen LogP contribution in [0.2, 0.25) is 0 Å². The van der Waals surface area contributed by atoms with Gasteiger partial charge < -0.3 is 4.90 Å². The topological polar surface area (TPSA) is 83.2 Å². The van der Waals surface area contributed by atoms with Gasteiger partial charge in [0.15, 0.2) is 0 Å². The molecule has 28 heavy (non-hydrogen) atoms. The Morgan fingerprint density at radius 2 is 1.82 bits per heavy atom. The second-order valence-electron chi connectivity index (χ2n) is 6.23. The van der Waals surface area contributed by atoms with E-state index in [-0.39, 0.29) is 16.2 Å². The molecule has 0 spiro atoms. The molecule has 1 aromatic heterocycles. The lowest BCUT2D eigenvalue weighted by molar-refractivity contribution is 0.103. The molecule has 0 aliphatic carbocycles. The molecule has 0 bridgehead atoms. The monoisotopic (exact) mass is 505 g/mol. The van der Waals surface area contributed by atoms with Gasteiger partial charge in [0.25, 0.3) is 10.0 Å². The van der Waals surface area contributed by atoms with Crippen molar-refractivity contribution in [1.82, 2.24) is 8.87 Å². The fourth-order valence-electron chi connectivity index (χ4n) is 2.82. The first-order valence-corrected chi connectivity index (χ1v) is 10.7. The van der Waals surface area contributed by atoms with Crippen molar-refractivity contribution in [3.05, 3.63) is 75.6 Å². The molecule has 0 radical (unpaired) electrons. The number of Topliss-reactive ketones (excluding diaryl/α,β-unsaturated/α-hetero) is 1. The Hall–Kier alpha value is -2.64. The molecule has 0 aliphatic rings. The Bertz CT molecular complexity index is 1240. The van der Waals surface area contributed by atoms with Crippen LogP contribution in [0.4, 0.5) is 0 Å². The van der Waals surface area contributed by atoms with Crippen molar-refractivity contribution in [3.8, 4) is 6.07 Å². The van der Waals surface area contributed by atoms with E-state index in [0.29, 0.717) is 10.9 Å². The maximum Gasteiger partial charge on any atom is 0.268 e. The zero-order chi connectivity index (χ0) is 20.5. The lowest BCUT2D eigenvalue weighted by atomic mass is 10.1. The van der Waals surface area contributed by atoms with E-state index in [4.69, 9.17) is 0 Å². The lowest BCUT2D eigenvalue weighted by Crippen LogP contribution is -2.20. The number of allylic oxidation sites excluding steroid dienone is 1. The minimum absolute atomic E-state index is 0.0653. The maximum atomic E-state index is 13.4. The van der Waals surface area contributed by atoms with Crippen molar-refractivity contribution in [2.75, 3.05) is 14.1 Å². The Morgan fingerprint density at radius 1 is 1.14 bits per heavy atom. The van der Waals surface area contributed by atoms with Crippen LogP contribution < -0.4 is 0 Å². The third kappa shape index (κ3) is 3.55. The Labute approximate surface area is 176 Å². The maximum absolute atomic E-state index is 13.4. The molecular formula is C20H16IN3O3S. The molecule has 6 nitrogen and oxygen atoms in total. The highest BCUT2D eigenvalue weighted by Crippen LogP contribution is 2.30. The van der Waals surface area contributed by atoms with Crippen molar-refractivity contribution in [1.29, 1.82) is 5.26 Å². The Kier molecular flexibility index (Phi) is 5.58. The highest BCUT2D eigenvalue weighted by Gasteiger charge is 2.28. The van der Waals surface area contributed by atoms with Crippen molar-refractivity contribution in [2.45, 2.75) is 4.90 Å². The Balaban J connectivity index is 2.37. The molecule has 142 valence electrons. The van der Waals surface area contributed by atoms with Gasteiger partial charge in [-0.05, 0) is 52.9 Å². The van der Waals surface area contributed by atoms with Crippen LogP contribution in [0.15, 0.2) is 71.3 Å². The smallest absolute Gasteiger partial charge is 0.268 e. The summed E-state index contributed by atoms with van der Waals surface area (Å²) in [6, 6.07) is 16.5. The molecule has 3 aromatic rings.